The minimum Gasteiger partial charge on any atom is -0.481 e. The molecule has 0 aliphatic carbocycles. The summed E-state index contributed by atoms with van der Waals surface area (Å²) >= 11 is 1.58. The van der Waals surface area contributed by atoms with Crippen LogP contribution in [-0.2, 0) is 17.4 Å². The number of carboxylic acid groups (broad SMARTS) is 1. The van der Waals surface area contributed by atoms with E-state index in [2.05, 4.69) is 0 Å². The highest BCUT2D eigenvalue weighted by Gasteiger charge is 2.34. The molecule has 7 heteroatoms. The Morgan fingerprint density at radius 3 is 2.74 bits per heavy atom. The molecule has 0 bridgehead atoms. The minimum atomic E-state index is -4.41. The van der Waals surface area contributed by atoms with E-state index in [-0.39, 0.29) is 6.04 Å². The lowest BCUT2D eigenvalue weighted by molar-refractivity contribution is -0.143. The van der Waals surface area contributed by atoms with Gasteiger partial charge in [0.1, 0.15) is 0 Å². The van der Waals surface area contributed by atoms with Crippen LogP contribution in [0, 0.1) is 5.92 Å². The molecule has 2 aromatic rings. The van der Waals surface area contributed by atoms with Crippen LogP contribution in [0.2, 0.25) is 0 Å². The molecule has 1 aromatic heterocycles. The number of aliphatic carboxylic acids is 1. The zero-order chi connectivity index (χ0) is 19.6. The highest BCUT2D eigenvalue weighted by atomic mass is 32.1. The molecule has 0 radical (unpaired) electrons. The number of hydrogen-bond donors (Lipinski definition) is 1. The molecule has 1 fully saturated rings. The van der Waals surface area contributed by atoms with E-state index in [0.29, 0.717) is 25.1 Å². The third-order valence-corrected chi connectivity index (χ3v) is 6.28. The lowest BCUT2D eigenvalue weighted by Gasteiger charge is -2.37. The molecule has 1 saturated heterocycles. The topological polar surface area (TPSA) is 40.5 Å². The van der Waals surface area contributed by atoms with Crippen molar-refractivity contribution in [2.24, 2.45) is 5.92 Å². The van der Waals surface area contributed by atoms with Gasteiger partial charge < -0.3 is 5.11 Å². The average molecular weight is 397 g/mol. The number of carbonyl (C=O) groups is 1. The molecule has 2 atom stereocenters. The summed E-state index contributed by atoms with van der Waals surface area (Å²) in [4.78, 5) is 15.6. The maximum atomic E-state index is 13.2. The van der Waals surface area contributed by atoms with E-state index < -0.39 is 23.6 Å². The zero-order valence-electron chi connectivity index (χ0n) is 15.0. The summed E-state index contributed by atoms with van der Waals surface area (Å²) in [7, 11) is 0. The molecule has 146 valence electrons. The fraction of sp³-hybridized carbons (Fsp3) is 0.450. The van der Waals surface area contributed by atoms with Crippen LogP contribution >= 0.6 is 11.3 Å². The molecule has 1 N–H and O–H groups in total. The van der Waals surface area contributed by atoms with Crippen LogP contribution in [0.15, 0.2) is 36.4 Å². The van der Waals surface area contributed by atoms with Crippen molar-refractivity contribution in [2.45, 2.75) is 38.4 Å². The molecule has 0 saturated carbocycles. The van der Waals surface area contributed by atoms with E-state index in [0.717, 1.165) is 28.7 Å². The molecule has 27 heavy (non-hydrogen) atoms. The third kappa shape index (κ3) is 4.52. The summed E-state index contributed by atoms with van der Waals surface area (Å²) in [5.74, 6) is -1.33. The van der Waals surface area contributed by atoms with Crippen molar-refractivity contribution in [1.82, 2.24) is 4.90 Å². The van der Waals surface area contributed by atoms with Crippen LogP contribution in [0.5, 0.6) is 0 Å². The van der Waals surface area contributed by atoms with Crippen LogP contribution in [0.3, 0.4) is 0 Å². The zero-order valence-corrected chi connectivity index (χ0v) is 15.8. The molecule has 3 rings (SSSR count). The number of aryl methyl sites for hydroxylation is 1. The summed E-state index contributed by atoms with van der Waals surface area (Å²) in [5, 5.41) is 9.40. The molecular formula is C20H22F3NO2S. The summed E-state index contributed by atoms with van der Waals surface area (Å²) < 4.78 is 39.6. The second kappa shape index (κ2) is 8.02. The maximum absolute atomic E-state index is 13.2. The van der Waals surface area contributed by atoms with Gasteiger partial charge in [0.25, 0.3) is 0 Å². The first-order chi connectivity index (χ1) is 12.8. The number of nitrogens with zero attached hydrogens (tertiary/aromatic N) is 1. The Morgan fingerprint density at radius 2 is 2.11 bits per heavy atom. The van der Waals surface area contributed by atoms with Crippen molar-refractivity contribution in [2.75, 3.05) is 13.1 Å². The molecule has 1 aliphatic rings. The Bertz CT molecular complexity index is 803. The molecule has 1 aromatic carbocycles. The van der Waals surface area contributed by atoms with Gasteiger partial charge in [-0.05, 0) is 55.6 Å². The Morgan fingerprint density at radius 1 is 1.33 bits per heavy atom. The molecule has 0 amide bonds. The van der Waals surface area contributed by atoms with Gasteiger partial charge in [-0.1, -0.05) is 19.1 Å². The lowest BCUT2D eigenvalue weighted by atomic mass is 9.93. The molecule has 2 unspecified atom stereocenters. The summed E-state index contributed by atoms with van der Waals surface area (Å²) in [5.41, 5.74) is -0.121. The SMILES string of the molecule is CCc1ccc(C(c2cccc(C(F)(F)F)c2)N2CCCC(C(=O)O)C2)s1. The average Bonchev–Trinajstić information content (AvgIpc) is 3.10. The van der Waals surface area contributed by atoms with Crippen LogP contribution in [0.1, 0.15) is 46.7 Å². The summed E-state index contributed by atoms with van der Waals surface area (Å²) in [6.45, 7) is 3.05. The van der Waals surface area contributed by atoms with Gasteiger partial charge in [0.05, 0.1) is 17.5 Å². The number of likely N-dealkylation sites (tertiary alicyclic amines) is 1. The first-order valence-electron chi connectivity index (χ1n) is 9.02. The third-order valence-electron chi connectivity index (χ3n) is 5.00. The number of carboxylic acids is 1. The molecule has 3 nitrogen and oxygen atoms in total. The Balaban J connectivity index is 2.01. The van der Waals surface area contributed by atoms with Crippen molar-refractivity contribution >= 4 is 17.3 Å². The van der Waals surface area contributed by atoms with Crippen molar-refractivity contribution in [3.63, 3.8) is 0 Å². The summed E-state index contributed by atoms with van der Waals surface area (Å²) in [6, 6.07) is 8.99. The number of halogens is 3. The second-order valence-corrected chi connectivity index (χ2v) is 8.06. The van der Waals surface area contributed by atoms with Crippen molar-refractivity contribution < 1.29 is 23.1 Å². The highest BCUT2D eigenvalue weighted by molar-refractivity contribution is 7.12. The van der Waals surface area contributed by atoms with Gasteiger partial charge in [0, 0.05) is 16.3 Å². The van der Waals surface area contributed by atoms with Crippen LogP contribution in [0.4, 0.5) is 13.2 Å². The lowest BCUT2D eigenvalue weighted by Crippen LogP contribution is -2.41. The monoisotopic (exact) mass is 397 g/mol. The standard InChI is InChI=1S/C20H22F3NO2S/c1-2-16-8-9-17(27-16)18(24-10-4-6-14(12-24)19(25)26)13-5-3-7-15(11-13)20(21,22)23/h3,5,7-9,11,14,18H,2,4,6,10,12H2,1H3,(H,25,26). The van der Waals surface area contributed by atoms with Gasteiger partial charge in [-0.2, -0.15) is 13.2 Å². The van der Waals surface area contributed by atoms with Crippen molar-refractivity contribution in [1.29, 1.82) is 0 Å². The predicted octanol–water partition coefficient (Wildman–Crippen LogP) is 5.22. The first kappa shape index (κ1) is 19.9. The van der Waals surface area contributed by atoms with Gasteiger partial charge >= 0.3 is 12.1 Å². The highest BCUT2D eigenvalue weighted by Crippen LogP contribution is 2.38. The quantitative estimate of drug-likeness (QED) is 0.752. The number of benzene rings is 1. The smallest absolute Gasteiger partial charge is 0.416 e. The van der Waals surface area contributed by atoms with Gasteiger partial charge in [-0.15, -0.1) is 11.3 Å². The molecule has 1 aliphatic heterocycles. The van der Waals surface area contributed by atoms with Gasteiger partial charge in [0.2, 0.25) is 0 Å². The number of thiophene rings is 1. The fourth-order valence-electron chi connectivity index (χ4n) is 3.61. The molecular weight excluding hydrogens is 375 g/mol. The second-order valence-electron chi connectivity index (χ2n) is 6.86. The predicted molar refractivity (Wildman–Crippen MR) is 98.9 cm³/mol. The van der Waals surface area contributed by atoms with Gasteiger partial charge in [-0.3, -0.25) is 9.69 Å². The Kier molecular flexibility index (Phi) is 5.91. The molecule has 2 heterocycles. The van der Waals surface area contributed by atoms with Crippen molar-refractivity contribution in [3.8, 4) is 0 Å². The molecule has 0 spiro atoms. The van der Waals surface area contributed by atoms with Crippen molar-refractivity contribution in [3.05, 3.63) is 57.3 Å². The largest absolute Gasteiger partial charge is 0.481 e. The number of hydrogen-bond acceptors (Lipinski definition) is 3. The Hall–Kier alpha value is -1.86. The van der Waals surface area contributed by atoms with Gasteiger partial charge in [-0.25, -0.2) is 0 Å². The first-order valence-corrected chi connectivity index (χ1v) is 9.84. The summed E-state index contributed by atoms with van der Waals surface area (Å²) in [6.07, 6.45) is -2.22. The minimum absolute atomic E-state index is 0.343. The number of rotatable bonds is 5. The normalized spacial score (nSPS) is 19.8. The maximum Gasteiger partial charge on any atom is 0.416 e. The van der Waals surface area contributed by atoms with E-state index in [4.69, 9.17) is 0 Å². The van der Waals surface area contributed by atoms with Crippen LogP contribution in [0.25, 0.3) is 0 Å². The van der Waals surface area contributed by atoms with E-state index in [9.17, 15) is 23.1 Å². The van der Waals surface area contributed by atoms with E-state index in [1.165, 1.54) is 12.1 Å². The van der Waals surface area contributed by atoms with E-state index in [1.54, 1.807) is 17.4 Å². The Labute approximate surface area is 160 Å². The van der Waals surface area contributed by atoms with E-state index >= 15 is 0 Å². The number of alkyl halides is 3. The van der Waals surface area contributed by atoms with Gasteiger partial charge in [0.15, 0.2) is 0 Å². The van der Waals surface area contributed by atoms with Crippen LogP contribution in [-0.4, -0.2) is 29.1 Å². The van der Waals surface area contributed by atoms with E-state index in [1.807, 2.05) is 24.0 Å². The van der Waals surface area contributed by atoms with Crippen LogP contribution < -0.4 is 0 Å². The fourth-order valence-corrected chi connectivity index (χ4v) is 4.73. The number of piperidine rings is 1.